The van der Waals surface area contributed by atoms with Gasteiger partial charge in [0.2, 0.25) is 0 Å². The van der Waals surface area contributed by atoms with E-state index in [1.807, 2.05) is 0 Å². The molecule has 6 nitrogen and oxygen atoms in total. The summed E-state index contributed by atoms with van der Waals surface area (Å²) in [6.07, 6.45) is 4.15. The molecule has 1 aliphatic rings. The summed E-state index contributed by atoms with van der Waals surface area (Å²) in [5.41, 5.74) is 7.62. The molecule has 0 bridgehead atoms. The first-order valence-corrected chi connectivity index (χ1v) is 9.08. The molecule has 0 aromatic carbocycles. The minimum absolute atomic E-state index is 0.281. The summed E-state index contributed by atoms with van der Waals surface area (Å²) in [6, 6.07) is 0. The van der Waals surface area contributed by atoms with Crippen LogP contribution in [0, 0.1) is 5.41 Å². The summed E-state index contributed by atoms with van der Waals surface area (Å²) in [6.45, 7) is 2.99. The van der Waals surface area contributed by atoms with E-state index in [1.165, 1.54) is 13.8 Å². The first-order chi connectivity index (χ1) is 8.70. The monoisotopic (exact) mass is 308 g/mol. The molecule has 110 valence electrons. The zero-order valence-corrected chi connectivity index (χ0v) is 12.8. The Hall–Kier alpha value is -0.560. The Kier molecular flexibility index (Phi) is 5.43. The molecule has 1 aliphatic carbocycles. The average molecular weight is 308 g/mol. The van der Waals surface area contributed by atoms with E-state index in [-0.39, 0.29) is 11.0 Å². The minimum atomic E-state index is -3.37. The van der Waals surface area contributed by atoms with Crippen LogP contribution in [0.3, 0.4) is 0 Å². The van der Waals surface area contributed by atoms with Crippen molar-refractivity contribution in [3.8, 4) is 0 Å². The van der Waals surface area contributed by atoms with E-state index in [9.17, 15) is 12.6 Å². The van der Waals surface area contributed by atoms with Gasteiger partial charge in [-0.2, -0.15) is 4.79 Å². The molecule has 8 heteroatoms. The van der Waals surface area contributed by atoms with Gasteiger partial charge in [-0.1, -0.05) is 19.3 Å². The molecular weight excluding hydrogens is 288 g/mol. The highest BCUT2D eigenvalue weighted by Gasteiger charge is 2.43. The third-order valence-electron chi connectivity index (χ3n) is 3.46. The van der Waals surface area contributed by atoms with E-state index in [2.05, 4.69) is 4.79 Å². The third-order valence-corrected chi connectivity index (χ3v) is 7.03. The quantitative estimate of drug-likeness (QED) is 0.280. The van der Waals surface area contributed by atoms with Crippen molar-refractivity contribution in [2.45, 2.75) is 51.2 Å². The lowest BCUT2D eigenvalue weighted by atomic mass is 9.98. The van der Waals surface area contributed by atoms with Crippen molar-refractivity contribution in [3.05, 3.63) is 5.53 Å². The lowest BCUT2D eigenvalue weighted by molar-refractivity contribution is -0.0115. The van der Waals surface area contributed by atoms with E-state index in [4.69, 9.17) is 10.1 Å². The number of hydrogen-bond acceptors (Lipinski definition) is 3. The molecule has 1 fully saturated rings. The molecule has 19 heavy (non-hydrogen) atoms. The van der Waals surface area contributed by atoms with Gasteiger partial charge in [0, 0.05) is 0 Å². The fourth-order valence-electron chi connectivity index (χ4n) is 2.51. The SMILES string of the molecule is CC(C)(CS(=O)(=O)C1CCCCC1)C(=[N+]=[N-])S(=O)O. The maximum Gasteiger partial charge on any atom is 0.387 e. The molecule has 0 aromatic heterocycles. The zero-order chi connectivity index (χ0) is 14.7. The van der Waals surface area contributed by atoms with Gasteiger partial charge >= 0.3 is 5.04 Å². The second-order valence-corrected chi connectivity index (χ2v) is 8.77. The fraction of sp³-hybridized carbons (Fsp3) is 0.909. The minimum Gasteiger partial charge on any atom is -0.360 e. The molecule has 1 unspecified atom stereocenters. The van der Waals surface area contributed by atoms with Gasteiger partial charge in [0.15, 0.2) is 9.84 Å². The highest BCUT2D eigenvalue weighted by atomic mass is 32.2. The van der Waals surface area contributed by atoms with E-state index < -0.39 is 31.4 Å². The molecule has 1 N–H and O–H groups in total. The number of nitrogens with zero attached hydrogens (tertiary/aromatic N) is 2. The second-order valence-electron chi connectivity index (χ2n) is 5.61. The van der Waals surface area contributed by atoms with Crippen LogP contribution in [0.2, 0.25) is 0 Å². The summed E-state index contributed by atoms with van der Waals surface area (Å²) in [5, 5.41) is -0.792. The zero-order valence-electron chi connectivity index (χ0n) is 11.2. The Morgan fingerprint density at radius 2 is 1.89 bits per heavy atom. The summed E-state index contributed by atoms with van der Waals surface area (Å²) >= 11 is -2.48. The lowest BCUT2D eigenvalue weighted by Gasteiger charge is -2.25. The smallest absolute Gasteiger partial charge is 0.360 e. The molecule has 1 saturated carbocycles. The summed E-state index contributed by atoms with van der Waals surface area (Å²) in [7, 11) is -3.37. The van der Waals surface area contributed by atoms with Crippen molar-refractivity contribution in [3.63, 3.8) is 0 Å². The Morgan fingerprint density at radius 3 is 2.32 bits per heavy atom. The van der Waals surface area contributed by atoms with Crippen LogP contribution < -0.4 is 0 Å². The molecule has 0 radical (unpaired) electrons. The highest BCUT2D eigenvalue weighted by molar-refractivity contribution is 7.96. The Balaban J connectivity index is 2.93. The maximum absolute atomic E-state index is 12.3. The van der Waals surface area contributed by atoms with Crippen LogP contribution in [0.5, 0.6) is 0 Å². The predicted molar refractivity (Wildman–Crippen MR) is 73.8 cm³/mol. The first-order valence-electron chi connectivity index (χ1n) is 6.25. The largest absolute Gasteiger partial charge is 0.387 e. The van der Waals surface area contributed by atoms with Gasteiger partial charge < -0.3 is 5.53 Å². The molecule has 0 aliphatic heterocycles. The van der Waals surface area contributed by atoms with Gasteiger partial charge in [-0.15, -0.1) is 0 Å². The van der Waals surface area contributed by atoms with E-state index in [0.717, 1.165) is 19.3 Å². The standard InChI is InChI=1S/C11H20N2O4S2/c1-11(2,10(13-12)18(14)15)8-19(16,17)9-6-4-3-5-7-9/h9H,3-8H2,1-2H3,(H,14,15). The van der Waals surface area contributed by atoms with Crippen molar-refractivity contribution in [1.29, 1.82) is 0 Å². The van der Waals surface area contributed by atoms with Crippen molar-refractivity contribution in [2.75, 3.05) is 5.75 Å². The summed E-state index contributed by atoms with van der Waals surface area (Å²) in [4.78, 5) is 2.79. The molecule has 0 spiro atoms. The van der Waals surface area contributed by atoms with E-state index in [0.29, 0.717) is 12.8 Å². The van der Waals surface area contributed by atoms with E-state index >= 15 is 0 Å². The van der Waals surface area contributed by atoms with Gasteiger partial charge in [0.1, 0.15) is 0 Å². The van der Waals surface area contributed by atoms with Crippen LogP contribution in [0.4, 0.5) is 0 Å². The highest BCUT2D eigenvalue weighted by Crippen LogP contribution is 2.29. The first kappa shape index (κ1) is 16.5. The topological polar surface area (TPSA) is 108 Å². The molecule has 0 saturated heterocycles. The summed E-state index contributed by atoms with van der Waals surface area (Å²) in [5.74, 6) is -0.281. The van der Waals surface area contributed by atoms with E-state index in [1.54, 1.807) is 0 Å². The fourth-order valence-corrected chi connectivity index (χ4v) is 5.65. The van der Waals surface area contributed by atoms with Crippen LogP contribution in [0.1, 0.15) is 46.0 Å². The predicted octanol–water partition coefficient (Wildman–Crippen LogP) is 1.61. The molecule has 0 heterocycles. The normalized spacial score (nSPS) is 19.7. The maximum atomic E-state index is 12.3. The third kappa shape index (κ3) is 4.21. The van der Waals surface area contributed by atoms with Crippen LogP contribution in [-0.4, -0.2) is 38.0 Å². The Labute approximate surface area is 116 Å². The van der Waals surface area contributed by atoms with Gasteiger partial charge in [0.05, 0.1) is 16.4 Å². The van der Waals surface area contributed by atoms with Gasteiger partial charge in [0.25, 0.3) is 11.1 Å². The van der Waals surface area contributed by atoms with Crippen molar-refractivity contribution < 1.29 is 22.0 Å². The number of sulfone groups is 1. The number of rotatable bonds is 4. The molecular formula is C11H20N2O4S2. The molecule has 1 atom stereocenters. The van der Waals surface area contributed by atoms with Gasteiger partial charge in [-0.05, 0) is 26.7 Å². The Bertz CT molecular complexity index is 501. The van der Waals surface area contributed by atoms with Crippen molar-refractivity contribution >= 4 is 26.0 Å². The van der Waals surface area contributed by atoms with Gasteiger partial charge in [-0.25, -0.2) is 12.6 Å². The van der Waals surface area contributed by atoms with Gasteiger partial charge in [-0.3, -0.25) is 4.55 Å². The van der Waals surface area contributed by atoms with Crippen LogP contribution in [-0.2, 0) is 20.9 Å². The molecule has 0 aromatic rings. The molecule has 0 amide bonds. The van der Waals surface area contributed by atoms with Crippen molar-refractivity contribution in [2.24, 2.45) is 5.41 Å². The second kappa shape index (κ2) is 6.26. The van der Waals surface area contributed by atoms with Crippen molar-refractivity contribution in [1.82, 2.24) is 0 Å². The summed E-state index contributed by atoms with van der Waals surface area (Å²) < 4.78 is 44.8. The Morgan fingerprint density at radius 1 is 1.37 bits per heavy atom. The van der Waals surface area contributed by atoms with Crippen LogP contribution >= 0.6 is 0 Å². The lowest BCUT2D eigenvalue weighted by Crippen LogP contribution is -2.39. The number of hydrogen-bond donors (Lipinski definition) is 1. The molecule has 1 rings (SSSR count). The van der Waals surface area contributed by atoms with Crippen LogP contribution in [0.15, 0.2) is 0 Å². The van der Waals surface area contributed by atoms with Crippen LogP contribution in [0.25, 0.3) is 5.53 Å². The average Bonchev–Trinajstić information content (AvgIpc) is 2.28.